The summed E-state index contributed by atoms with van der Waals surface area (Å²) in [6, 6.07) is 5.18. The number of benzene rings is 1. The minimum atomic E-state index is -3.77. The predicted octanol–water partition coefficient (Wildman–Crippen LogP) is 1.09. The van der Waals surface area contributed by atoms with Crippen molar-refractivity contribution in [2.24, 2.45) is 5.14 Å². The summed E-state index contributed by atoms with van der Waals surface area (Å²) in [6.45, 7) is 0. The van der Waals surface area contributed by atoms with Gasteiger partial charge in [0.1, 0.15) is 0 Å². The van der Waals surface area contributed by atoms with Crippen LogP contribution in [-0.2, 0) is 20.0 Å². The van der Waals surface area contributed by atoms with Crippen LogP contribution in [-0.4, -0.2) is 28.5 Å². The van der Waals surface area contributed by atoms with E-state index in [0.29, 0.717) is 24.4 Å². The van der Waals surface area contributed by atoms with Gasteiger partial charge in [0.15, 0.2) is 0 Å². The molecule has 0 fully saturated rings. The molecule has 0 saturated heterocycles. The molecule has 9 heteroatoms. The van der Waals surface area contributed by atoms with Crippen LogP contribution in [0.3, 0.4) is 0 Å². The van der Waals surface area contributed by atoms with E-state index in [4.69, 9.17) is 16.7 Å². The number of unbranched alkanes of at least 4 members (excludes halogenated alkanes) is 1. The summed E-state index contributed by atoms with van der Waals surface area (Å²) in [7, 11) is -7.22. The number of halogens is 1. The number of alkyl halides is 1. The number of hydrogen-bond acceptors (Lipinski definition) is 4. The second kappa shape index (κ2) is 6.56. The molecule has 19 heavy (non-hydrogen) atoms. The smallest absolute Gasteiger partial charge is 0.238 e. The predicted molar refractivity (Wildman–Crippen MR) is 75.2 cm³/mol. The van der Waals surface area contributed by atoms with Gasteiger partial charge in [-0.05, 0) is 37.1 Å². The molecule has 0 radical (unpaired) electrons. The lowest BCUT2D eigenvalue weighted by Crippen LogP contribution is -2.17. The van der Waals surface area contributed by atoms with Gasteiger partial charge in [0.25, 0.3) is 0 Å². The van der Waals surface area contributed by atoms with Crippen LogP contribution in [0, 0.1) is 0 Å². The maximum atomic E-state index is 11.7. The number of rotatable bonds is 7. The second-order valence-electron chi connectivity index (χ2n) is 3.89. The number of hydrogen-bond donors (Lipinski definition) is 2. The number of nitrogens with one attached hydrogen (secondary N) is 1. The number of primary sulfonamides is 1. The molecule has 0 amide bonds. The van der Waals surface area contributed by atoms with E-state index in [-0.39, 0.29) is 10.6 Å². The van der Waals surface area contributed by atoms with Crippen LogP contribution in [0.5, 0.6) is 0 Å². The molecule has 3 N–H and O–H groups in total. The summed E-state index contributed by atoms with van der Waals surface area (Å²) in [4.78, 5) is -0.0717. The van der Waals surface area contributed by atoms with Crippen molar-refractivity contribution in [1.29, 1.82) is 0 Å². The number of anilines is 1. The van der Waals surface area contributed by atoms with Gasteiger partial charge in [-0.2, -0.15) is 0 Å². The van der Waals surface area contributed by atoms with E-state index in [0.717, 1.165) is 0 Å². The Balaban J connectivity index is 2.73. The highest BCUT2D eigenvalue weighted by atomic mass is 35.5. The molecule has 6 nitrogen and oxygen atoms in total. The molecule has 0 bridgehead atoms. The molecule has 1 aromatic carbocycles. The van der Waals surface area contributed by atoms with Crippen LogP contribution in [0.1, 0.15) is 12.8 Å². The van der Waals surface area contributed by atoms with Gasteiger partial charge in [0, 0.05) is 11.6 Å². The zero-order valence-electron chi connectivity index (χ0n) is 10.0. The van der Waals surface area contributed by atoms with Crippen LogP contribution in [0.25, 0.3) is 0 Å². The lowest BCUT2D eigenvalue weighted by Gasteiger charge is -2.08. The van der Waals surface area contributed by atoms with Gasteiger partial charge < -0.3 is 0 Å². The Labute approximate surface area is 118 Å². The monoisotopic (exact) mass is 326 g/mol. The molecular weight excluding hydrogens is 312 g/mol. The van der Waals surface area contributed by atoms with E-state index in [2.05, 4.69) is 4.72 Å². The van der Waals surface area contributed by atoms with Crippen molar-refractivity contribution in [3.05, 3.63) is 24.3 Å². The van der Waals surface area contributed by atoms with Gasteiger partial charge >= 0.3 is 0 Å². The Hall–Kier alpha value is -0.830. The first-order chi connectivity index (χ1) is 8.74. The standard InChI is InChI=1S/C10H15ClN2O4S2/c11-7-1-2-8-18(14,15)13-9-3-5-10(6-4-9)19(12,16)17/h3-6,13H,1-2,7-8H2,(H2,12,16,17). The van der Waals surface area contributed by atoms with E-state index in [1.54, 1.807) is 0 Å². The Morgan fingerprint density at radius 3 is 2.11 bits per heavy atom. The lowest BCUT2D eigenvalue weighted by atomic mass is 10.3. The van der Waals surface area contributed by atoms with Crippen LogP contribution >= 0.6 is 11.6 Å². The van der Waals surface area contributed by atoms with Gasteiger partial charge in [-0.1, -0.05) is 0 Å². The quantitative estimate of drug-likeness (QED) is 0.578. The van der Waals surface area contributed by atoms with Crippen molar-refractivity contribution in [3.8, 4) is 0 Å². The Morgan fingerprint density at radius 1 is 1.05 bits per heavy atom. The molecule has 0 spiro atoms. The van der Waals surface area contributed by atoms with Crippen molar-refractivity contribution in [2.75, 3.05) is 16.4 Å². The molecule has 0 unspecified atom stereocenters. The van der Waals surface area contributed by atoms with E-state index in [1.165, 1.54) is 24.3 Å². The van der Waals surface area contributed by atoms with Gasteiger partial charge in [0.05, 0.1) is 10.6 Å². The van der Waals surface area contributed by atoms with Crippen LogP contribution < -0.4 is 9.86 Å². The van der Waals surface area contributed by atoms with Crippen molar-refractivity contribution < 1.29 is 16.8 Å². The normalized spacial score (nSPS) is 12.3. The molecule has 1 rings (SSSR count). The van der Waals surface area contributed by atoms with Crippen LogP contribution in [0.2, 0.25) is 0 Å². The van der Waals surface area contributed by atoms with Crippen molar-refractivity contribution in [2.45, 2.75) is 17.7 Å². The highest BCUT2D eigenvalue weighted by molar-refractivity contribution is 7.92. The van der Waals surface area contributed by atoms with Crippen molar-refractivity contribution in [3.63, 3.8) is 0 Å². The van der Waals surface area contributed by atoms with Crippen LogP contribution in [0.15, 0.2) is 29.2 Å². The van der Waals surface area contributed by atoms with Crippen molar-refractivity contribution in [1.82, 2.24) is 0 Å². The lowest BCUT2D eigenvalue weighted by molar-refractivity contribution is 0.596. The average Bonchev–Trinajstić information content (AvgIpc) is 2.28. The third-order valence-electron chi connectivity index (χ3n) is 2.25. The molecule has 1 aromatic rings. The fourth-order valence-electron chi connectivity index (χ4n) is 1.33. The number of nitrogens with two attached hydrogens (primary N) is 1. The fraction of sp³-hybridized carbons (Fsp3) is 0.400. The van der Waals surface area contributed by atoms with E-state index in [9.17, 15) is 16.8 Å². The van der Waals surface area contributed by atoms with Gasteiger partial charge in [-0.25, -0.2) is 22.0 Å². The minimum Gasteiger partial charge on any atom is -0.284 e. The van der Waals surface area contributed by atoms with E-state index in [1.807, 2.05) is 0 Å². The third-order valence-corrected chi connectivity index (χ3v) is 4.82. The summed E-state index contributed by atoms with van der Waals surface area (Å²) in [5.74, 6) is 0.384. The first-order valence-corrected chi connectivity index (χ1v) is 9.17. The zero-order valence-corrected chi connectivity index (χ0v) is 12.4. The second-order valence-corrected chi connectivity index (χ2v) is 7.67. The summed E-state index contributed by atoms with van der Waals surface area (Å²) in [5.41, 5.74) is 0.290. The minimum absolute atomic E-state index is 0.0311. The molecule has 0 aromatic heterocycles. The zero-order chi connectivity index (χ0) is 14.5. The molecule has 0 atom stereocenters. The number of sulfonamides is 2. The Bertz CT molecular complexity index is 611. The Morgan fingerprint density at radius 2 is 1.63 bits per heavy atom. The highest BCUT2D eigenvalue weighted by Gasteiger charge is 2.11. The largest absolute Gasteiger partial charge is 0.284 e. The van der Waals surface area contributed by atoms with Crippen molar-refractivity contribution >= 4 is 37.3 Å². The Kier molecular flexibility index (Phi) is 5.60. The molecule has 108 valence electrons. The first kappa shape index (κ1) is 16.2. The molecule has 0 saturated carbocycles. The maximum absolute atomic E-state index is 11.7. The average molecular weight is 327 g/mol. The summed E-state index contributed by atoms with van der Waals surface area (Å²) in [6.07, 6.45) is 1.08. The van der Waals surface area contributed by atoms with Gasteiger partial charge in [-0.3, -0.25) is 4.72 Å². The molecular formula is C10H15ClN2O4S2. The van der Waals surface area contributed by atoms with E-state index >= 15 is 0 Å². The summed E-state index contributed by atoms with van der Waals surface area (Å²) < 4.78 is 47.7. The molecule has 0 aliphatic heterocycles. The van der Waals surface area contributed by atoms with Crippen LogP contribution in [0.4, 0.5) is 5.69 Å². The highest BCUT2D eigenvalue weighted by Crippen LogP contribution is 2.14. The summed E-state index contributed by atoms with van der Waals surface area (Å²) >= 11 is 5.47. The fourth-order valence-corrected chi connectivity index (χ4v) is 3.22. The van der Waals surface area contributed by atoms with Gasteiger partial charge in [0.2, 0.25) is 20.0 Å². The maximum Gasteiger partial charge on any atom is 0.238 e. The molecule has 0 heterocycles. The summed E-state index contributed by atoms with van der Waals surface area (Å²) in [5, 5.41) is 4.94. The molecule has 0 aliphatic carbocycles. The third kappa shape index (κ3) is 5.77. The first-order valence-electron chi connectivity index (χ1n) is 5.44. The SMILES string of the molecule is NS(=O)(=O)c1ccc(NS(=O)(=O)CCCCCl)cc1. The molecule has 0 aliphatic rings. The van der Waals surface area contributed by atoms with Gasteiger partial charge in [-0.15, -0.1) is 11.6 Å². The topological polar surface area (TPSA) is 106 Å². The van der Waals surface area contributed by atoms with E-state index < -0.39 is 20.0 Å².